The molecule has 2 atom stereocenters. The Balaban J connectivity index is 1.58. The van der Waals surface area contributed by atoms with Crippen molar-refractivity contribution in [3.05, 3.63) is 83.9 Å². The zero-order chi connectivity index (χ0) is 22.7. The molecular formula is C25H29N5OS. The van der Waals surface area contributed by atoms with Crippen molar-refractivity contribution in [3.63, 3.8) is 0 Å². The number of carbonyl (C=O) groups is 1. The second-order valence-corrected chi connectivity index (χ2v) is 8.75. The van der Waals surface area contributed by atoms with E-state index >= 15 is 0 Å². The van der Waals surface area contributed by atoms with Crippen LogP contribution in [0.15, 0.2) is 67.0 Å². The van der Waals surface area contributed by atoms with Gasteiger partial charge in [-0.3, -0.25) is 9.78 Å². The lowest BCUT2D eigenvalue weighted by Gasteiger charge is -2.29. The van der Waals surface area contributed by atoms with E-state index in [0.717, 1.165) is 22.6 Å². The predicted molar refractivity (Wildman–Crippen MR) is 131 cm³/mol. The van der Waals surface area contributed by atoms with Crippen LogP contribution in [0.4, 0.5) is 5.69 Å². The number of nitrogens with zero attached hydrogens (tertiary/aromatic N) is 3. The normalized spacial score (nSPS) is 18.1. The average Bonchev–Trinajstić information content (AvgIpc) is 3.39. The summed E-state index contributed by atoms with van der Waals surface area (Å²) >= 11 is 5.73. The second kappa shape index (κ2) is 9.53. The first-order valence-electron chi connectivity index (χ1n) is 11.0. The lowest BCUT2D eigenvalue weighted by Crippen LogP contribution is -2.33. The number of hydrogen-bond acceptors (Lipinski definition) is 3. The van der Waals surface area contributed by atoms with E-state index in [1.54, 1.807) is 6.20 Å². The number of rotatable bonds is 7. The van der Waals surface area contributed by atoms with Crippen molar-refractivity contribution in [2.45, 2.75) is 45.3 Å². The first-order chi connectivity index (χ1) is 15.5. The third kappa shape index (κ3) is 4.53. The second-order valence-electron chi connectivity index (χ2n) is 8.37. The van der Waals surface area contributed by atoms with Crippen LogP contribution in [0.25, 0.3) is 0 Å². The smallest absolute Gasteiger partial charge is 0.226 e. The molecule has 0 spiro atoms. The number of para-hydroxylation sites is 1. The molecule has 6 nitrogen and oxygen atoms in total. The summed E-state index contributed by atoms with van der Waals surface area (Å²) in [7, 11) is 0. The van der Waals surface area contributed by atoms with Gasteiger partial charge in [-0.1, -0.05) is 24.3 Å². The van der Waals surface area contributed by atoms with Gasteiger partial charge in [0.25, 0.3) is 0 Å². The summed E-state index contributed by atoms with van der Waals surface area (Å²) in [5.41, 5.74) is 3.98. The van der Waals surface area contributed by atoms with Crippen molar-refractivity contribution >= 4 is 28.9 Å². The highest BCUT2D eigenvalue weighted by atomic mass is 32.1. The quantitative estimate of drug-likeness (QED) is 0.511. The van der Waals surface area contributed by atoms with Gasteiger partial charge in [0.1, 0.15) is 0 Å². The number of aromatic nitrogens is 2. The lowest BCUT2D eigenvalue weighted by atomic mass is 10.0. The van der Waals surface area contributed by atoms with Gasteiger partial charge >= 0.3 is 0 Å². The van der Waals surface area contributed by atoms with E-state index in [-0.39, 0.29) is 18.0 Å². The molecule has 0 saturated carbocycles. The molecule has 1 fully saturated rings. The summed E-state index contributed by atoms with van der Waals surface area (Å²) in [5, 5.41) is 7.13. The first kappa shape index (κ1) is 22.0. The molecule has 2 N–H and O–H groups in total. The summed E-state index contributed by atoms with van der Waals surface area (Å²) < 4.78 is 2.26. The summed E-state index contributed by atoms with van der Waals surface area (Å²) in [5.74, 6) is -0.0265. The van der Waals surface area contributed by atoms with Crippen LogP contribution in [-0.4, -0.2) is 32.0 Å². The minimum Gasteiger partial charge on any atom is -0.352 e. The number of nitrogens with one attached hydrogen (secondary N) is 2. The molecule has 2 aromatic heterocycles. The number of benzene rings is 1. The molecule has 1 amide bonds. The Hall–Kier alpha value is -3.19. The van der Waals surface area contributed by atoms with Crippen molar-refractivity contribution in [1.29, 1.82) is 0 Å². The molecule has 3 heterocycles. The van der Waals surface area contributed by atoms with Gasteiger partial charge in [-0.25, -0.2) is 0 Å². The maximum atomic E-state index is 12.7. The molecule has 0 bridgehead atoms. The Morgan fingerprint density at radius 3 is 2.66 bits per heavy atom. The van der Waals surface area contributed by atoms with E-state index in [0.29, 0.717) is 24.1 Å². The average molecular weight is 448 g/mol. The number of anilines is 1. The Morgan fingerprint density at radius 1 is 1.16 bits per heavy atom. The van der Waals surface area contributed by atoms with Crippen LogP contribution >= 0.6 is 12.2 Å². The zero-order valence-corrected chi connectivity index (χ0v) is 19.5. The fourth-order valence-corrected chi connectivity index (χ4v) is 4.58. The van der Waals surface area contributed by atoms with E-state index in [9.17, 15) is 4.79 Å². The van der Waals surface area contributed by atoms with Crippen LogP contribution in [0.1, 0.15) is 55.3 Å². The highest BCUT2D eigenvalue weighted by Crippen LogP contribution is 2.39. The van der Waals surface area contributed by atoms with E-state index in [1.165, 1.54) is 0 Å². The van der Waals surface area contributed by atoms with E-state index < -0.39 is 0 Å². The van der Waals surface area contributed by atoms with Crippen molar-refractivity contribution in [2.24, 2.45) is 0 Å². The molecule has 1 aliphatic heterocycles. The predicted octanol–water partition coefficient (Wildman–Crippen LogP) is 4.77. The fraction of sp³-hybridized carbons (Fsp3) is 0.320. The summed E-state index contributed by atoms with van der Waals surface area (Å²) in [4.78, 5) is 19.4. The molecule has 7 heteroatoms. The van der Waals surface area contributed by atoms with Crippen LogP contribution in [0.2, 0.25) is 0 Å². The van der Waals surface area contributed by atoms with Crippen LogP contribution < -0.4 is 10.6 Å². The Bertz CT molecular complexity index is 1090. The molecule has 4 rings (SSSR count). The topological polar surface area (TPSA) is 62.2 Å². The molecule has 1 aliphatic rings. The SMILES string of the molecule is Cc1ccccc1NC(=O)CCN1C(=S)N[C@H](c2ccccn2)[C@@H]1c1cccn1C(C)C. The van der Waals surface area contributed by atoms with Gasteiger partial charge in [-0.05, 0) is 68.9 Å². The van der Waals surface area contributed by atoms with E-state index in [2.05, 4.69) is 57.3 Å². The first-order valence-corrected chi connectivity index (χ1v) is 11.4. The number of amides is 1. The van der Waals surface area contributed by atoms with Crippen molar-refractivity contribution in [2.75, 3.05) is 11.9 Å². The highest BCUT2D eigenvalue weighted by molar-refractivity contribution is 7.80. The summed E-state index contributed by atoms with van der Waals surface area (Å²) in [6, 6.07) is 18.1. The molecule has 1 aromatic carbocycles. The standard InChI is InChI=1S/C25H29N5OS/c1-17(2)29-15-8-12-21(29)24-23(20-11-6-7-14-26-20)28-25(32)30(24)16-13-22(31)27-19-10-5-4-9-18(19)3/h4-12,14-15,17,23-24H,13,16H2,1-3H3,(H,27,31)(H,28,32)/t23-,24+/m1/s1. The van der Waals surface area contributed by atoms with Crippen LogP contribution in [0, 0.1) is 6.92 Å². The molecule has 32 heavy (non-hydrogen) atoms. The minimum absolute atomic E-state index is 0.0265. The summed E-state index contributed by atoms with van der Waals surface area (Å²) in [6.45, 7) is 6.84. The van der Waals surface area contributed by atoms with E-state index in [1.807, 2.05) is 49.4 Å². The van der Waals surface area contributed by atoms with Gasteiger partial charge in [0, 0.05) is 42.8 Å². The monoisotopic (exact) mass is 447 g/mol. The molecule has 166 valence electrons. The number of thiocarbonyl (C=S) groups is 1. The third-order valence-electron chi connectivity index (χ3n) is 5.87. The summed E-state index contributed by atoms with van der Waals surface area (Å²) in [6.07, 6.45) is 4.24. The number of hydrogen-bond donors (Lipinski definition) is 2. The lowest BCUT2D eigenvalue weighted by molar-refractivity contribution is -0.116. The molecule has 0 unspecified atom stereocenters. The van der Waals surface area contributed by atoms with Crippen LogP contribution in [0.5, 0.6) is 0 Å². The highest BCUT2D eigenvalue weighted by Gasteiger charge is 2.41. The minimum atomic E-state index is -0.0875. The van der Waals surface area contributed by atoms with E-state index in [4.69, 9.17) is 12.2 Å². The van der Waals surface area contributed by atoms with Crippen molar-refractivity contribution in [3.8, 4) is 0 Å². The zero-order valence-electron chi connectivity index (χ0n) is 18.7. The largest absolute Gasteiger partial charge is 0.352 e. The van der Waals surface area contributed by atoms with Crippen molar-refractivity contribution < 1.29 is 4.79 Å². The maximum absolute atomic E-state index is 12.7. The number of carbonyl (C=O) groups excluding carboxylic acids is 1. The van der Waals surface area contributed by atoms with Gasteiger partial charge in [0.15, 0.2) is 5.11 Å². The Labute approximate surface area is 194 Å². The van der Waals surface area contributed by atoms with Gasteiger partial charge in [0.05, 0.1) is 17.8 Å². The molecule has 0 aliphatic carbocycles. The fourth-order valence-electron chi connectivity index (χ4n) is 4.24. The maximum Gasteiger partial charge on any atom is 0.226 e. The van der Waals surface area contributed by atoms with Crippen LogP contribution in [0.3, 0.4) is 0 Å². The van der Waals surface area contributed by atoms with Gasteiger partial charge in [-0.2, -0.15) is 0 Å². The van der Waals surface area contributed by atoms with Crippen molar-refractivity contribution in [1.82, 2.24) is 19.8 Å². The molecule has 0 radical (unpaired) electrons. The van der Waals surface area contributed by atoms with Crippen LogP contribution in [-0.2, 0) is 4.79 Å². The number of aryl methyl sites for hydroxylation is 1. The Morgan fingerprint density at radius 2 is 1.94 bits per heavy atom. The number of pyridine rings is 1. The Kier molecular flexibility index (Phi) is 6.55. The third-order valence-corrected chi connectivity index (χ3v) is 6.22. The van der Waals surface area contributed by atoms with Gasteiger partial charge in [0.2, 0.25) is 5.91 Å². The molecular weight excluding hydrogens is 418 g/mol. The molecule has 3 aromatic rings. The molecule has 1 saturated heterocycles. The van der Waals surface area contributed by atoms with Gasteiger partial charge < -0.3 is 20.1 Å². The van der Waals surface area contributed by atoms with Gasteiger partial charge in [-0.15, -0.1) is 0 Å².